The molecule has 10 nitrogen and oxygen atoms in total. The van der Waals surface area contributed by atoms with Gasteiger partial charge in [0.1, 0.15) is 42.7 Å². The van der Waals surface area contributed by atoms with E-state index in [0.717, 1.165) is 0 Å². The lowest BCUT2D eigenvalue weighted by atomic mass is 9.98. The molecule has 9 unspecified atom stereocenters. The maximum atomic E-state index is 9.82. The summed E-state index contributed by atoms with van der Waals surface area (Å²) in [7, 11) is 0. The second-order valence-corrected chi connectivity index (χ2v) is 5.28. The van der Waals surface area contributed by atoms with Gasteiger partial charge in [-0.3, -0.25) is 0 Å². The third-order valence-corrected chi connectivity index (χ3v) is 3.54. The van der Waals surface area contributed by atoms with Gasteiger partial charge in [-0.25, -0.2) is 0 Å². The number of aliphatic hydroxyl groups excluding tert-OH is 8. The van der Waals surface area contributed by atoms with Crippen LogP contribution in [0.25, 0.3) is 0 Å². The molecule has 1 saturated heterocycles. The standard InChI is InChI=1S/C12H24O10/c1-4(15)7(17)11(5(16)2-13)22-12-10(20)9(19)8(18)6(3-14)21-12/h4-20H,2-3H2,1H3. The average molecular weight is 328 g/mol. The van der Waals surface area contributed by atoms with Gasteiger partial charge in [-0.2, -0.15) is 0 Å². The van der Waals surface area contributed by atoms with Crippen molar-refractivity contribution in [1.82, 2.24) is 0 Å². The Morgan fingerprint density at radius 3 is 2.05 bits per heavy atom. The summed E-state index contributed by atoms with van der Waals surface area (Å²) in [6.07, 6.45) is -13.9. The van der Waals surface area contributed by atoms with Crippen molar-refractivity contribution in [3.63, 3.8) is 0 Å². The van der Waals surface area contributed by atoms with Crippen LogP contribution in [-0.2, 0) is 9.47 Å². The Hall–Kier alpha value is -0.400. The van der Waals surface area contributed by atoms with E-state index in [1.807, 2.05) is 0 Å². The molecule has 0 aliphatic carbocycles. The summed E-state index contributed by atoms with van der Waals surface area (Å²) < 4.78 is 10.2. The number of hydrogen-bond donors (Lipinski definition) is 8. The summed E-state index contributed by atoms with van der Waals surface area (Å²) in [6.45, 7) is -0.249. The van der Waals surface area contributed by atoms with E-state index < -0.39 is 68.3 Å². The fraction of sp³-hybridized carbons (Fsp3) is 1.00. The number of rotatable bonds is 7. The summed E-state index contributed by atoms with van der Waals surface area (Å²) in [6, 6.07) is 0. The molecule has 1 aliphatic heterocycles. The van der Waals surface area contributed by atoms with E-state index in [9.17, 15) is 30.6 Å². The summed E-state index contributed by atoms with van der Waals surface area (Å²) in [5.41, 5.74) is 0. The Labute approximate surface area is 126 Å². The lowest BCUT2D eigenvalue weighted by molar-refractivity contribution is -0.326. The van der Waals surface area contributed by atoms with Crippen LogP contribution >= 0.6 is 0 Å². The molecule has 0 aromatic heterocycles. The summed E-state index contributed by atoms with van der Waals surface area (Å²) in [4.78, 5) is 0. The highest BCUT2D eigenvalue weighted by Gasteiger charge is 2.46. The highest BCUT2D eigenvalue weighted by Crippen LogP contribution is 2.24. The second-order valence-electron chi connectivity index (χ2n) is 5.28. The second kappa shape index (κ2) is 8.45. The predicted molar refractivity (Wildman–Crippen MR) is 69.4 cm³/mol. The molecule has 22 heavy (non-hydrogen) atoms. The van der Waals surface area contributed by atoms with Crippen LogP contribution in [0.3, 0.4) is 0 Å². The summed E-state index contributed by atoms with van der Waals surface area (Å²) in [5, 5.41) is 75.9. The molecule has 1 aliphatic rings. The third kappa shape index (κ3) is 4.32. The Bertz CT molecular complexity index is 325. The molecular formula is C12H24O10. The van der Waals surface area contributed by atoms with Gasteiger partial charge in [0, 0.05) is 0 Å². The van der Waals surface area contributed by atoms with Gasteiger partial charge in [0.2, 0.25) is 0 Å². The van der Waals surface area contributed by atoms with Crippen molar-refractivity contribution in [3.8, 4) is 0 Å². The van der Waals surface area contributed by atoms with E-state index in [4.69, 9.17) is 19.7 Å². The number of hydrogen-bond acceptors (Lipinski definition) is 10. The molecule has 0 saturated carbocycles. The van der Waals surface area contributed by atoms with Gasteiger partial charge in [0.05, 0.1) is 19.3 Å². The Morgan fingerprint density at radius 1 is 1.00 bits per heavy atom. The van der Waals surface area contributed by atoms with Crippen molar-refractivity contribution < 1.29 is 50.3 Å². The Kier molecular flexibility index (Phi) is 7.55. The minimum absolute atomic E-state index is 0.670. The maximum Gasteiger partial charge on any atom is 0.187 e. The van der Waals surface area contributed by atoms with Crippen LogP contribution in [0.1, 0.15) is 6.92 Å². The van der Waals surface area contributed by atoms with Crippen molar-refractivity contribution in [2.45, 2.75) is 62.0 Å². The Balaban J connectivity index is 2.86. The van der Waals surface area contributed by atoms with E-state index in [-0.39, 0.29) is 0 Å². The topological polar surface area (TPSA) is 180 Å². The molecule has 132 valence electrons. The zero-order chi connectivity index (χ0) is 17.0. The van der Waals surface area contributed by atoms with Crippen molar-refractivity contribution >= 4 is 0 Å². The van der Waals surface area contributed by atoms with Gasteiger partial charge in [-0.15, -0.1) is 0 Å². The average Bonchev–Trinajstić information content (AvgIpc) is 2.50. The molecule has 0 aromatic carbocycles. The molecular weight excluding hydrogens is 304 g/mol. The quantitative estimate of drug-likeness (QED) is 0.226. The molecule has 1 fully saturated rings. The molecule has 0 aromatic rings. The normalized spacial score (nSPS) is 38.3. The van der Waals surface area contributed by atoms with E-state index in [1.165, 1.54) is 6.92 Å². The highest BCUT2D eigenvalue weighted by molar-refractivity contribution is 4.90. The Morgan fingerprint density at radius 2 is 1.59 bits per heavy atom. The van der Waals surface area contributed by atoms with E-state index >= 15 is 0 Å². The SMILES string of the molecule is CC(O)C(O)C(OC1OC(CO)C(O)C(O)C1O)C(O)CO. The minimum atomic E-state index is -1.73. The summed E-state index contributed by atoms with van der Waals surface area (Å²) in [5.74, 6) is 0. The van der Waals surface area contributed by atoms with Crippen molar-refractivity contribution in [2.24, 2.45) is 0 Å². The van der Waals surface area contributed by atoms with Gasteiger partial charge in [-0.1, -0.05) is 0 Å². The largest absolute Gasteiger partial charge is 0.394 e. The van der Waals surface area contributed by atoms with Gasteiger partial charge < -0.3 is 50.3 Å². The van der Waals surface area contributed by atoms with Crippen LogP contribution in [0.5, 0.6) is 0 Å². The fourth-order valence-corrected chi connectivity index (χ4v) is 2.11. The zero-order valence-corrected chi connectivity index (χ0v) is 12.0. The molecule has 9 atom stereocenters. The first kappa shape index (κ1) is 19.6. The van der Waals surface area contributed by atoms with Crippen LogP contribution in [0, 0.1) is 0 Å². The lowest BCUT2D eigenvalue weighted by Crippen LogP contribution is -2.61. The third-order valence-electron chi connectivity index (χ3n) is 3.54. The highest BCUT2D eigenvalue weighted by atomic mass is 16.7. The van der Waals surface area contributed by atoms with Crippen LogP contribution in [0.15, 0.2) is 0 Å². The minimum Gasteiger partial charge on any atom is -0.394 e. The molecule has 0 spiro atoms. The first-order chi connectivity index (χ1) is 10.2. The number of aliphatic hydroxyl groups is 8. The van der Waals surface area contributed by atoms with Gasteiger partial charge >= 0.3 is 0 Å². The van der Waals surface area contributed by atoms with Crippen LogP contribution < -0.4 is 0 Å². The van der Waals surface area contributed by atoms with E-state index in [2.05, 4.69) is 0 Å². The van der Waals surface area contributed by atoms with Crippen LogP contribution in [-0.4, -0.2) is 109 Å². The maximum absolute atomic E-state index is 9.82. The molecule has 0 radical (unpaired) electrons. The molecule has 0 amide bonds. The molecule has 8 N–H and O–H groups in total. The predicted octanol–water partition coefficient (Wildman–Crippen LogP) is -4.73. The van der Waals surface area contributed by atoms with Crippen LogP contribution in [0.4, 0.5) is 0 Å². The van der Waals surface area contributed by atoms with E-state index in [1.54, 1.807) is 0 Å². The zero-order valence-electron chi connectivity index (χ0n) is 12.0. The summed E-state index contributed by atoms with van der Waals surface area (Å²) >= 11 is 0. The van der Waals surface area contributed by atoms with Crippen molar-refractivity contribution in [1.29, 1.82) is 0 Å². The van der Waals surface area contributed by atoms with Gasteiger partial charge in [-0.05, 0) is 6.92 Å². The van der Waals surface area contributed by atoms with Crippen LogP contribution in [0.2, 0.25) is 0 Å². The first-order valence-corrected chi connectivity index (χ1v) is 6.85. The van der Waals surface area contributed by atoms with Crippen molar-refractivity contribution in [3.05, 3.63) is 0 Å². The first-order valence-electron chi connectivity index (χ1n) is 6.85. The number of ether oxygens (including phenoxy) is 2. The monoisotopic (exact) mass is 328 g/mol. The lowest BCUT2D eigenvalue weighted by Gasteiger charge is -2.42. The van der Waals surface area contributed by atoms with E-state index in [0.29, 0.717) is 0 Å². The van der Waals surface area contributed by atoms with Crippen molar-refractivity contribution in [2.75, 3.05) is 13.2 Å². The smallest absolute Gasteiger partial charge is 0.187 e. The fourth-order valence-electron chi connectivity index (χ4n) is 2.11. The van der Waals surface area contributed by atoms with Gasteiger partial charge in [0.15, 0.2) is 6.29 Å². The molecule has 10 heteroatoms. The van der Waals surface area contributed by atoms with Gasteiger partial charge in [0.25, 0.3) is 0 Å². The molecule has 1 rings (SSSR count). The molecule has 0 bridgehead atoms. The molecule has 1 heterocycles.